The van der Waals surface area contributed by atoms with E-state index in [0.29, 0.717) is 23.7 Å². The van der Waals surface area contributed by atoms with Gasteiger partial charge in [0.05, 0.1) is 4.88 Å². The third-order valence-corrected chi connectivity index (χ3v) is 6.01. The minimum Gasteiger partial charge on any atom is -0.274 e. The van der Waals surface area contributed by atoms with Crippen LogP contribution in [0.2, 0.25) is 0 Å². The minimum absolute atomic E-state index is 0.319. The highest BCUT2D eigenvalue weighted by Gasteiger charge is 2.31. The molecule has 0 amide bonds. The van der Waals surface area contributed by atoms with Crippen molar-refractivity contribution in [3.8, 4) is 10.6 Å². The van der Waals surface area contributed by atoms with Gasteiger partial charge >= 0.3 is 0 Å². The quantitative estimate of drug-likeness (QED) is 0.870. The van der Waals surface area contributed by atoms with Crippen molar-refractivity contribution in [2.75, 3.05) is 13.1 Å². The Morgan fingerprint density at radius 2 is 2.05 bits per heavy atom. The van der Waals surface area contributed by atoms with E-state index in [1.165, 1.54) is 11.3 Å². The number of hydrogen-bond acceptors (Lipinski definition) is 4. The fourth-order valence-corrected chi connectivity index (χ4v) is 4.79. The van der Waals surface area contributed by atoms with Gasteiger partial charge in [0.25, 0.3) is 0 Å². The first-order chi connectivity index (χ1) is 9.09. The zero-order valence-electron chi connectivity index (χ0n) is 10.6. The molecule has 2 aromatic heterocycles. The van der Waals surface area contributed by atoms with E-state index in [0.717, 1.165) is 17.7 Å². The Kier molecular flexibility index (Phi) is 3.20. The molecule has 0 saturated carbocycles. The van der Waals surface area contributed by atoms with Gasteiger partial charge < -0.3 is 0 Å². The maximum atomic E-state index is 12.6. The van der Waals surface area contributed by atoms with Gasteiger partial charge in [0.1, 0.15) is 10.6 Å². The van der Waals surface area contributed by atoms with Crippen molar-refractivity contribution in [1.82, 2.24) is 14.1 Å². The lowest BCUT2D eigenvalue weighted by Crippen LogP contribution is -2.27. The molecule has 0 aromatic carbocycles. The molecule has 1 aliphatic rings. The van der Waals surface area contributed by atoms with Crippen LogP contribution in [0.5, 0.6) is 0 Å². The van der Waals surface area contributed by atoms with Crippen molar-refractivity contribution in [1.29, 1.82) is 0 Å². The molecular weight excluding hydrogens is 282 g/mol. The first-order valence-corrected chi connectivity index (χ1v) is 8.49. The largest absolute Gasteiger partial charge is 0.274 e. The molecule has 102 valence electrons. The lowest BCUT2D eigenvalue weighted by atomic mass is 10.3. The fraction of sp³-hybridized carbons (Fsp3) is 0.417. The van der Waals surface area contributed by atoms with Crippen molar-refractivity contribution < 1.29 is 8.42 Å². The molecule has 0 aliphatic carbocycles. The Bertz CT molecular complexity index is 668. The highest BCUT2D eigenvalue weighted by atomic mass is 32.2. The zero-order chi connectivity index (χ0) is 13.5. The molecule has 5 nitrogen and oxygen atoms in total. The third-order valence-electron chi connectivity index (χ3n) is 3.23. The van der Waals surface area contributed by atoms with Crippen LogP contribution in [0.15, 0.2) is 28.6 Å². The molecule has 1 aliphatic heterocycles. The van der Waals surface area contributed by atoms with Crippen molar-refractivity contribution >= 4 is 21.4 Å². The number of thiophene rings is 1. The van der Waals surface area contributed by atoms with Crippen LogP contribution in [0.25, 0.3) is 10.6 Å². The summed E-state index contributed by atoms with van der Waals surface area (Å²) < 4.78 is 28.4. The van der Waals surface area contributed by atoms with Crippen LogP contribution < -0.4 is 0 Å². The molecule has 2 aromatic rings. The lowest BCUT2D eigenvalue weighted by molar-refractivity contribution is 0.477. The maximum absolute atomic E-state index is 12.6. The molecule has 0 atom stereocenters. The molecule has 3 rings (SSSR count). The topological polar surface area (TPSA) is 55.2 Å². The van der Waals surface area contributed by atoms with Gasteiger partial charge in [-0.05, 0) is 24.3 Å². The van der Waals surface area contributed by atoms with Gasteiger partial charge in [0.15, 0.2) is 0 Å². The number of nitrogens with zero attached hydrogens (tertiary/aromatic N) is 3. The number of sulfonamides is 1. The SMILES string of the molecule is Cn1cc(S(=O)(=O)N2CCCC2)c(-c2cccs2)n1. The van der Waals surface area contributed by atoms with Gasteiger partial charge in [-0.25, -0.2) is 8.42 Å². The Labute approximate surface area is 116 Å². The molecule has 19 heavy (non-hydrogen) atoms. The predicted octanol–water partition coefficient (Wildman–Crippen LogP) is 1.93. The summed E-state index contributed by atoms with van der Waals surface area (Å²) >= 11 is 1.50. The van der Waals surface area contributed by atoms with E-state index in [1.54, 1.807) is 22.2 Å². The fourth-order valence-electron chi connectivity index (χ4n) is 2.31. The van der Waals surface area contributed by atoms with E-state index in [9.17, 15) is 8.42 Å². The second-order valence-corrected chi connectivity index (χ2v) is 7.46. The van der Waals surface area contributed by atoms with Crippen LogP contribution in [-0.4, -0.2) is 35.6 Å². The van der Waals surface area contributed by atoms with Crippen LogP contribution in [0.1, 0.15) is 12.8 Å². The summed E-state index contributed by atoms with van der Waals surface area (Å²) in [6.45, 7) is 1.22. The maximum Gasteiger partial charge on any atom is 0.246 e. The Balaban J connectivity index is 2.10. The van der Waals surface area contributed by atoms with E-state index in [-0.39, 0.29) is 0 Å². The van der Waals surface area contributed by atoms with E-state index in [2.05, 4.69) is 5.10 Å². The van der Waals surface area contributed by atoms with Crippen LogP contribution in [0, 0.1) is 0 Å². The van der Waals surface area contributed by atoms with Gasteiger partial charge in [-0.2, -0.15) is 9.40 Å². The number of aryl methyl sites for hydroxylation is 1. The average molecular weight is 297 g/mol. The molecule has 3 heterocycles. The third kappa shape index (κ3) is 2.22. The smallest absolute Gasteiger partial charge is 0.246 e. The first-order valence-electron chi connectivity index (χ1n) is 6.17. The van der Waals surface area contributed by atoms with Crippen LogP contribution >= 0.6 is 11.3 Å². The molecule has 0 radical (unpaired) electrons. The monoisotopic (exact) mass is 297 g/mol. The van der Waals surface area contributed by atoms with E-state index >= 15 is 0 Å². The van der Waals surface area contributed by atoms with Gasteiger partial charge in [-0.15, -0.1) is 11.3 Å². The molecule has 0 spiro atoms. The molecule has 7 heteroatoms. The predicted molar refractivity (Wildman–Crippen MR) is 74.5 cm³/mol. The van der Waals surface area contributed by atoms with E-state index in [4.69, 9.17) is 0 Å². The summed E-state index contributed by atoms with van der Waals surface area (Å²) in [6.07, 6.45) is 3.48. The van der Waals surface area contributed by atoms with Gasteiger partial charge in [-0.1, -0.05) is 6.07 Å². The van der Waals surface area contributed by atoms with Gasteiger partial charge in [0.2, 0.25) is 10.0 Å². The zero-order valence-corrected chi connectivity index (χ0v) is 12.2. The lowest BCUT2D eigenvalue weighted by Gasteiger charge is -2.14. The molecule has 1 saturated heterocycles. The normalized spacial score (nSPS) is 17.1. The standard InChI is InChI=1S/C12H15N3O2S2/c1-14-9-11(12(13-14)10-5-4-8-18-10)19(16,17)15-6-2-3-7-15/h4-5,8-9H,2-3,6-7H2,1H3. The summed E-state index contributed by atoms with van der Waals surface area (Å²) in [6, 6.07) is 3.80. The Morgan fingerprint density at radius 1 is 1.32 bits per heavy atom. The first kappa shape index (κ1) is 12.8. The molecular formula is C12H15N3O2S2. The Hall–Kier alpha value is -1.18. The van der Waals surface area contributed by atoms with Crippen molar-refractivity contribution in [3.63, 3.8) is 0 Å². The van der Waals surface area contributed by atoms with Crippen molar-refractivity contribution in [2.45, 2.75) is 17.7 Å². The average Bonchev–Trinajstić information content (AvgIpc) is 3.10. The highest BCUT2D eigenvalue weighted by Crippen LogP contribution is 2.32. The number of rotatable bonds is 3. The highest BCUT2D eigenvalue weighted by molar-refractivity contribution is 7.89. The summed E-state index contributed by atoms with van der Waals surface area (Å²) in [5.74, 6) is 0. The molecule has 0 unspecified atom stereocenters. The van der Waals surface area contributed by atoms with E-state index in [1.807, 2.05) is 17.5 Å². The Morgan fingerprint density at radius 3 is 2.68 bits per heavy atom. The van der Waals surface area contributed by atoms with Gasteiger partial charge in [0, 0.05) is 26.3 Å². The summed E-state index contributed by atoms with van der Waals surface area (Å²) in [4.78, 5) is 1.21. The summed E-state index contributed by atoms with van der Waals surface area (Å²) in [7, 11) is -1.67. The van der Waals surface area contributed by atoms with Crippen LogP contribution in [0.4, 0.5) is 0 Å². The second-order valence-electron chi connectivity index (χ2n) is 4.60. The van der Waals surface area contributed by atoms with E-state index < -0.39 is 10.0 Å². The van der Waals surface area contributed by atoms with Crippen LogP contribution in [0.3, 0.4) is 0 Å². The van der Waals surface area contributed by atoms with Gasteiger partial charge in [-0.3, -0.25) is 4.68 Å². The number of hydrogen-bond donors (Lipinski definition) is 0. The van der Waals surface area contributed by atoms with Crippen LogP contribution in [-0.2, 0) is 17.1 Å². The molecule has 1 fully saturated rings. The van der Waals surface area contributed by atoms with Crippen molar-refractivity contribution in [2.24, 2.45) is 7.05 Å². The summed E-state index contributed by atoms with van der Waals surface area (Å²) in [5, 5.41) is 6.24. The number of aromatic nitrogens is 2. The second kappa shape index (κ2) is 4.73. The minimum atomic E-state index is -3.42. The summed E-state index contributed by atoms with van der Waals surface area (Å²) in [5.41, 5.74) is 0.560. The molecule has 0 N–H and O–H groups in total. The molecule has 0 bridgehead atoms. The van der Waals surface area contributed by atoms with Crippen molar-refractivity contribution in [3.05, 3.63) is 23.7 Å².